The average Bonchev–Trinajstić information content (AvgIpc) is 2.85. The predicted octanol–water partition coefficient (Wildman–Crippen LogP) is -1.45. The molecule has 0 spiro atoms. The van der Waals surface area contributed by atoms with Crippen LogP contribution in [0.4, 0.5) is 0 Å². The molecule has 0 aromatic rings. The lowest BCUT2D eigenvalue weighted by atomic mass is 9.84. The molecule has 2 aliphatic heterocycles. The SMILES string of the molecule is CNCCN(C)CC1CNNC1C1CCC(O)NC1. The normalized spacial score (nSPS) is 36.0. The quantitative estimate of drug-likeness (QED) is 0.407. The van der Waals surface area contributed by atoms with Gasteiger partial charge in [-0.1, -0.05) is 0 Å². The Hall–Kier alpha value is -0.240. The molecule has 2 saturated heterocycles. The highest BCUT2D eigenvalue weighted by molar-refractivity contribution is 4.91. The fraction of sp³-hybridized carbons (Fsp3) is 1.00. The summed E-state index contributed by atoms with van der Waals surface area (Å²) in [5.41, 5.74) is 6.75. The molecule has 6 nitrogen and oxygen atoms in total. The third-order valence-electron chi connectivity index (χ3n) is 4.36. The third kappa shape index (κ3) is 4.37. The van der Waals surface area contributed by atoms with Gasteiger partial charge in [-0.3, -0.25) is 16.2 Å². The van der Waals surface area contributed by atoms with E-state index in [1.165, 1.54) is 0 Å². The van der Waals surface area contributed by atoms with Crippen molar-refractivity contribution in [3.8, 4) is 0 Å². The molecule has 112 valence electrons. The Morgan fingerprint density at radius 3 is 2.84 bits per heavy atom. The van der Waals surface area contributed by atoms with Gasteiger partial charge in [-0.2, -0.15) is 0 Å². The van der Waals surface area contributed by atoms with Crippen LogP contribution in [0.15, 0.2) is 0 Å². The zero-order chi connectivity index (χ0) is 13.7. The Morgan fingerprint density at radius 1 is 1.32 bits per heavy atom. The van der Waals surface area contributed by atoms with E-state index in [0.717, 1.165) is 45.6 Å². The molecule has 2 heterocycles. The maximum atomic E-state index is 9.52. The van der Waals surface area contributed by atoms with E-state index in [1.54, 1.807) is 0 Å². The first-order valence-electron chi connectivity index (χ1n) is 7.43. The molecule has 5 N–H and O–H groups in total. The highest BCUT2D eigenvalue weighted by Gasteiger charge is 2.35. The average molecular weight is 271 g/mol. The summed E-state index contributed by atoms with van der Waals surface area (Å²) in [5, 5.41) is 15.9. The van der Waals surface area contributed by atoms with Crippen molar-refractivity contribution in [3.05, 3.63) is 0 Å². The van der Waals surface area contributed by atoms with Crippen LogP contribution in [0.1, 0.15) is 12.8 Å². The van der Waals surface area contributed by atoms with Crippen LogP contribution in [-0.4, -0.2) is 69.1 Å². The van der Waals surface area contributed by atoms with Gasteiger partial charge >= 0.3 is 0 Å². The van der Waals surface area contributed by atoms with Gasteiger partial charge in [0.25, 0.3) is 0 Å². The van der Waals surface area contributed by atoms with Crippen molar-refractivity contribution in [2.45, 2.75) is 25.1 Å². The summed E-state index contributed by atoms with van der Waals surface area (Å²) >= 11 is 0. The minimum Gasteiger partial charge on any atom is -0.379 e. The van der Waals surface area contributed by atoms with E-state index in [1.807, 2.05) is 7.05 Å². The van der Waals surface area contributed by atoms with E-state index >= 15 is 0 Å². The van der Waals surface area contributed by atoms with Crippen LogP contribution in [0.25, 0.3) is 0 Å². The van der Waals surface area contributed by atoms with Gasteiger partial charge in [0.1, 0.15) is 6.23 Å². The summed E-state index contributed by atoms with van der Waals surface area (Å²) in [6.07, 6.45) is 1.66. The molecule has 0 aromatic carbocycles. The van der Waals surface area contributed by atoms with Gasteiger partial charge in [-0.05, 0) is 32.9 Å². The third-order valence-corrected chi connectivity index (χ3v) is 4.36. The monoisotopic (exact) mass is 271 g/mol. The summed E-state index contributed by atoms with van der Waals surface area (Å²) in [6, 6.07) is 0.511. The van der Waals surface area contributed by atoms with Crippen molar-refractivity contribution in [2.24, 2.45) is 11.8 Å². The lowest BCUT2D eigenvalue weighted by Gasteiger charge is -2.34. The molecule has 6 heteroatoms. The van der Waals surface area contributed by atoms with E-state index in [9.17, 15) is 5.11 Å². The second-order valence-corrected chi connectivity index (χ2v) is 5.94. The highest BCUT2D eigenvalue weighted by Crippen LogP contribution is 2.24. The standard InChI is InChI=1S/C13H29N5O/c1-14-5-6-18(2)9-11-8-16-17-13(11)10-3-4-12(19)15-7-10/h10-17,19H,3-9H2,1-2H3. The van der Waals surface area contributed by atoms with E-state index < -0.39 is 0 Å². The molecule has 0 amide bonds. The maximum Gasteiger partial charge on any atom is 0.104 e. The maximum absolute atomic E-state index is 9.52. The Morgan fingerprint density at radius 2 is 2.16 bits per heavy atom. The van der Waals surface area contributed by atoms with Crippen LogP contribution in [0.3, 0.4) is 0 Å². The van der Waals surface area contributed by atoms with E-state index in [-0.39, 0.29) is 6.23 Å². The molecule has 4 atom stereocenters. The molecule has 2 rings (SSSR count). The van der Waals surface area contributed by atoms with Crippen molar-refractivity contribution in [2.75, 3.05) is 46.8 Å². The lowest BCUT2D eigenvalue weighted by molar-refractivity contribution is 0.0743. The Labute approximate surface area is 116 Å². The first-order valence-corrected chi connectivity index (χ1v) is 7.43. The zero-order valence-electron chi connectivity index (χ0n) is 12.2. The summed E-state index contributed by atoms with van der Waals surface area (Å²) in [7, 11) is 4.18. The van der Waals surface area contributed by atoms with Crippen LogP contribution in [0.2, 0.25) is 0 Å². The van der Waals surface area contributed by atoms with Crippen LogP contribution >= 0.6 is 0 Å². The van der Waals surface area contributed by atoms with Crippen LogP contribution in [-0.2, 0) is 0 Å². The molecule has 4 unspecified atom stereocenters. The number of aliphatic hydroxyl groups excluding tert-OH is 1. The van der Waals surface area contributed by atoms with Gasteiger partial charge in [0, 0.05) is 44.7 Å². The molecule has 0 bridgehead atoms. The zero-order valence-corrected chi connectivity index (χ0v) is 12.2. The van der Waals surface area contributed by atoms with Crippen molar-refractivity contribution < 1.29 is 5.11 Å². The summed E-state index contributed by atoms with van der Waals surface area (Å²) < 4.78 is 0. The predicted molar refractivity (Wildman–Crippen MR) is 76.6 cm³/mol. The van der Waals surface area contributed by atoms with Crippen molar-refractivity contribution >= 4 is 0 Å². The Bertz CT molecular complexity index is 257. The topological polar surface area (TPSA) is 71.6 Å². The van der Waals surface area contributed by atoms with Gasteiger partial charge in [0.05, 0.1) is 0 Å². The number of piperidine rings is 1. The smallest absolute Gasteiger partial charge is 0.104 e. The van der Waals surface area contributed by atoms with Crippen molar-refractivity contribution in [1.29, 1.82) is 0 Å². The number of aliphatic hydroxyl groups is 1. The van der Waals surface area contributed by atoms with Gasteiger partial charge in [-0.15, -0.1) is 0 Å². The molecular weight excluding hydrogens is 242 g/mol. The van der Waals surface area contributed by atoms with Crippen LogP contribution in [0, 0.1) is 11.8 Å². The number of nitrogens with zero attached hydrogens (tertiary/aromatic N) is 1. The number of hydrazine groups is 1. The number of likely N-dealkylation sites (N-methyl/N-ethyl adjacent to an activating group) is 2. The van der Waals surface area contributed by atoms with Gasteiger partial charge in [0.2, 0.25) is 0 Å². The Kier molecular flexibility index (Phi) is 6.00. The molecule has 0 saturated carbocycles. The molecule has 19 heavy (non-hydrogen) atoms. The highest BCUT2D eigenvalue weighted by atomic mass is 16.3. The minimum absolute atomic E-state index is 0.303. The Balaban J connectivity index is 1.79. The number of hydrogen-bond acceptors (Lipinski definition) is 6. The van der Waals surface area contributed by atoms with Gasteiger partial charge < -0.3 is 15.3 Å². The van der Waals surface area contributed by atoms with Crippen LogP contribution in [0.5, 0.6) is 0 Å². The van der Waals surface area contributed by atoms with E-state index in [0.29, 0.717) is 17.9 Å². The van der Waals surface area contributed by atoms with Gasteiger partial charge in [0.15, 0.2) is 0 Å². The summed E-state index contributed by atoms with van der Waals surface area (Å²) in [6.45, 7) is 5.18. The molecule has 0 aromatic heterocycles. The second kappa shape index (κ2) is 7.52. The molecule has 0 aliphatic carbocycles. The number of rotatable bonds is 6. The van der Waals surface area contributed by atoms with Crippen molar-refractivity contribution in [1.82, 2.24) is 26.4 Å². The van der Waals surface area contributed by atoms with Gasteiger partial charge in [-0.25, -0.2) is 0 Å². The molecular formula is C13H29N5O. The van der Waals surface area contributed by atoms with E-state index in [2.05, 4.69) is 33.4 Å². The van der Waals surface area contributed by atoms with E-state index in [4.69, 9.17) is 0 Å². The fourth-order valence-electron chi connectivity index (χ4n) is 3.20. The first-order chi connectivity index (χ1) is 9.20. The molecule has 2 aliphatic rings. The largest absolute Gasteiger partial charge is 0.379 e. The number of hydrogen-bond donors (Lipinski definition) is 5. The lowest BCUT2D eigenvalue weighted by Crippen LogP contribution is -2.49. The number of nitrogens with one attached hydrogen (secondary N) is 4. The minimum atomic E-state index is -0.303. The molecule has 0 radical (unpaired) electrons. The second-order valence-electron chi connectivity index (χ2n) is 5.94. The first kappa shape index (κ1) is 15.2. The van der Waals surface area contributed by atoms with Crippen LogP contribution < -0.4 is 21.5 Å². The summed E-state index contributed by atoms with van der Waals surface area (Å²) in [5.74, 6) is 1.25. The fourth-order valence-corrected chi connectivity index (χ4v) is 3.20. The molecule has 2 fully saturated rings. The van der Waals surface area contributed by atoms with Crippen molar-refractivity contribution in [3.63, 3.8) is 0 Å². The summed E-state index contributed by atoms with van der Waals surface area (Å²) in [4.78, 5) is 2.40.